The number of nitrogens with zero attached hydrogens (tertiary/aromatic N) is 3. The van der Waals surface area contributed by atoms with Crippen molar-refractivity contribution in [2.24, 2.45) is 4.99 Å². The summed E-state index contributed by atoms with van der Waals surface area (Å²) >= 11 is 2.02. The Labute approximate surface area is 219 Å². The summed E-state index contributed by atoms with van der Waals surface area (Å²) in [5, 5.41) is -2.46. The third-order valence-corrected chi connectivity index (χ3v) is 8.15. The minimum Gasteiger partial charge on any atom is -0.490 e. The Kier molecular flexibility index (Phi) is 8.79. The van der Waals surface area contributed by atoms with Gasteiger partial charge in [-0.15, -0.1) is 0 Å². The standard InChI is InChI=1S/C26H31F2N3O3S2/c1-4-33-22-15-18(16-23-24(32)29-25(36-23)31-13-11-30(2)12-14-31)9-10-21(22)34-17-19-7-5-6-8-20(19)26(27,28)35-3/h5-10,15,23H,4,11-14,16-17H2,1-3H3. The van der Waals surface area contributed by atoms with Crippen LogP contribution in [0.5, 0.6) is 11.5 Å². The number of ether oxygens (including phenoxy) is 2. The maximum Gasteiger partial charge on any atom is 0.319 e. The number of halogens is 2. The second kappa shape index (κ2) is 11.8. The Morgan fingerprint density at radius 1 is 1.11 bits per heavy atom. The van der Waals surface area contributed by atoms with Crippen LogP contribution in [0, 0.1) is 0 Å². The molecule has 2 aliphatic heterocycles. The van der Waals surface area contributed by atoms with E-state index in [0.717, 1.165) is 36.9 Å². The van der Waals surface area contributed by atoms with E-state index in [-0.39, 0.29) is 23.3 Å². The molecule has 194 valence electrons. The molecule has 0 bridgehead atoms. The van der Waals surface area contributed by atoms with Crippen LogP contribution in [-0.2, 0) is 23.1 Å². The van der Waals surface area contributed by atoms with E-state index in [1.807, 2.05) is 19.1 Å². The van der Waals surface area contributed by atoms with Crippen LogP contribution >= 0.6 is 23.5 Å². The van der Waals surface area contributed by atoms with Gasteiger partial charge in [-0.25, -0.2) is 0 Å². The number of aliphatic imine (C=N–C) groups is 1. The van der Waals surface area contributed by atoms with E-state index in [1.165, 1.54) is 24.1 Å². The highest BCUT2D eigenvalue weighted by molar-refractivity contribution is 8.15. The number of carbonyl (C=O) groups excluding carboxylic acids is 1. The molecule has 2 aromatic rings. The average molecular weight is 536 g/mol. The molecule has 1 atom stereocenters. The molecule has 0 radical (unpaired) electrons. The predicted octanol–water partition coefficient (Wildman–Crippen LogP) is 4.86. The molecule has 4 rings (SSSR count). The lowest BCUT2D eigenvalue weighted by Crippen LogP contribution is -2.46. The van der Waals surface area contributed by atoms with E-state index in [4.69, 9.17) is 9.47 Å². The van der Waals surface area contributed by atoms with Gasteiger partial charge in [0.05, 0.1) is 11.9 Å². The van der Waals surface area contributed by atoms with Gasteiger partial charge in [0.15, 0.2) is 16.7 Å². The largest absolute Gasteiger partial charge is 0.490 e. The maximum atomic E-state index is 14.4. The summed E-state index contributed by atoms with van der Waals surface area (Å²) in [4.78, 5) is 21.4. The van der Waals surface area contributed by atoms with Crippen LogP contribution in [-0.4, -0.2) is 72.2 Å². The summed E-state index contributed by atoms with van der Waals surface area (Å²) in [7, 11) is 2.09. The number of piperazine rings is 1. The van der Waals surface area contributed by atoms with Gasteiger partial charge in [-0.05, 0) is 49.9 Å². The monoisotopic (exact) mass is 535 g/mol. The van der Waals surface area contributed by atoms with E-state index in [9.17, 15) is 13.6 Å². The second-order valence-corrected chi connectivity index (χ2v) is 10.8. The normalized spacial score (nSPS) is 18.9. The summed E-state index contributed by atoms with van der Waals surface area (Å²) in [5.41, 5.74) is 1.30. The molecule has 0 saturated carbocycles. The van der Waals surface area contributed by atoms with E-state index in [2.05, 4.69) is 21.8 Å². The fourth-order valence-corrected chi connectivity index (χ4v) is 5.70. The number of hydrogen-bond acceptors (Lipinski definition) is 7. The van der Waals surface area contributed by atoms with Gasteiger partial charge in [0.2, 0.25) is 0 Å². The van der Waals surface area contributed by atoms with Gasteiger partial charge in [0, 0.05) is 31.7 Å². The van der Waals surface area contributed by atoms with Gasteiger partial charge in [0.25, 0.3) is 5.91 Å². The molecule has 0 N–H and O–H groups in total. The van der Waals surface area contributed by atoms with Crippen molar-refractivity contribution in [3.8, 4) is 11.5 Å². The zero-order chi connectivity index (χ0) is 25.7. The first kappa shape index (κ1) is 26.8. The number of amidine groups is 1. The fraction of sp³-hybridized carbons (Fsp3) is 0.462. The Balaban J connectivity index is 1.43. The third kappa shape index (κ3) is 6.33. The van der Waals surface area contributed by atoms with Crippen LogP contribution in [0.25, 0.3) is 0 Å². The lowest BCUT2D eigenvalue weighted by molar-refractivity contribution is -0.117. The lowest BCUT2D eigenvalue weighted by atomic mass is 10.1. The summed E-state index contributed by atoms with van der Waals surface area (Å²) in [5.74, 6) is 0.890. The van der Waals surface area contributed by atoms with Gasteiger partial charge in [0.1, 0.15) is 6.61 Å². The van der Waals surface area contributed by atoms with Crippen molar-refractivity contribution in [3.05, 3.63) is 59.2 Å². The number of likely N-dealkylation sites (N-methyl/N-ethyl adjacent to an activating group) is 1. The SMILES string of the molecule is CCOc1cc(CC2SC(N3CCN(C)CC3)=NC2=O)ccc1OCc1ccccc1C(F)(F)SC. The number of benzene rings is 2. The Bertz CT molecular complexity index is 1110. The quantitative estimate of drug-likeness (QED) is 0.454. The molecule has 1 amide bonds. The first-order valence-corrected chi connectivity index (χ1v) is 14.0. The molecular weight excluding hydrogens is 504 g/mol. The molecule has 10 heteroatoms. The molecule has 6 nitrogen and oxygen atoms in total. The molecular formula is C26H31F2N3O3S2. The molecule has 0 aliphatic carbocycles. The molecule has 36 heavy (non-hydrogen) atoms. The van der Waals surface area contributed by atoms with Gasteiger partial charge in [-0.2, -0.15) is 13.8 Å². The number of amides is 1. The number of carbonyl (C=O) groups is 1. The van der Waals surface area contributed by atoms with Crippen molar-refractivity contribution in [2.75, 3.05) is 46.1 Å². The topological polar surface area (TPSA) is 54.4 Å². The highest BCUT2D eigenvalue weighted by Crippen LogP contribution is 2.40. The molecule has 0 spiro atoms. The summed E-state index contributed by atoms with van der Waals surface area (Å²) in [6, 6.07) is 11.9. The first-order valence-electron chi connectivity index (χ1n) is 11.9. The predicted molar refractivity (Wildman–Crippen MR) is 142 cm³/mol. The van der Waals surface area contributed by atoms with Crippen LogP contribution in [0.1, 0.15) is 23.6 Å². The Morgan fingerprint density at radius 3 is 2.58 bits per heavy atom. The minimum absolute atomic E-state index is 0.00900. The minimum atomic E-state index is -3.00. The van der Waals surface area contributed by atoms with Gasteiger partial charge in [-0.1, -0.05) is 53.9 Å². The first-order chi connectivity index (χ1) is 17.3. The van der Waals surface area contributed by atoms with Gasteiger partial charge in [-0.3, -0.25) is 4.79 Å². The van der Waals surface area contributed by atoms with Gasteiger partial charge < -0.3 is 19.3 Å². The van der Waals surface area contributed by atoms with E-state index in [1.54, 1.807) is 24.3 Å². The van der Waals surface area contributed by atoms with Crippen molar-refractivity contribution >= 4 is 34.6 Å². The maximum absolute atomic E-state index is 14.4. The van der Waals surface area contributed by atoms with Crippen molar-refractivity contribution in [2.45, 2.75) is 30.5 Å². The lowest BCUT2D eigenvalue weighted by Gasteiger charge is -2.33. The van der Waals surface area contributed by atoms with Crippen molar-refractivity contribution < 1.29 is 23.0 Å². The molecule has 1 unspecified atom stereocenters. The van der Waals surface area contributed by atoms with E-state index < -0.39 is 5.25 Å². The second-order valence-electron chi connectivity index (χ2n) is 8.71. The third-order valence-electron chi connectivity index (χ3n) is 6.20. The summed E-state index contributed by atoms with van der Waals surface area (Å²) in [6.45, 7) is 5.94. The van der Waals surface area contributed by atoms with Crippen molar-refractivity contribution in [3.63, 3.8) is 0 Å². The highest BCUT2D eigenvalue weighted by Gasteiger charge is 2.34. The van der Waals surface area contributed by atoms with Crippen LogP contribution in [0.3, 0.4) is 0 Å². The van der Waals surface area contributed by atoms with E-state index >= 15 is 0 Å². The molecule has 0 aromatic heterocycles. The molecule has 1 saturated heterocycles. The number of thioether (sulfide) groups is 2. The summed E-state index contributed by atoms with van der Waals surface area (Å²) < 4.78 is 40.4. The molecule has 2 heterocycles. The zero-order valence-corrected chi connectivity index (χ0v) is 22.3. The smallest absolute Gasteiger partial charge is 0.319 e. The number of hydrogen-bond donors (Lipinski definition) is 0. The number of rotatable bonds is 9. The Hall–Kier alpha value is -2.30. The number of alkyl halides is 2. The molecule has 2 aliphatic rings. The molecule has 2 aromatic carbocycles. The highest BCUT2D eigenvalue weighted by atomic mass is 32.2. The zero-order valence-electron chi connectivity index (χ0n) is 20.7. The van der Waals surface area contributed by atoms with Crippen LogP contribution in [0.15, 0.2) is 47.5 Å². The van der Waals surface area contributed by atoms with E-state index in [0.29, 0.717) is 41.9 Å². The average Bonchev–Trinajstić information content (AvgIpc) is 3.24. The van der Waals surface area contributed by atoms with Crippen molar-refractivity contribution in [1.82, 2.24) is 9.80 Å². The van der Waals surface area contributed by atoms with Crippen LogP contribution < -0.4 is 9.47 Å². The Morgan fingerprint density at radius 2 is 1.86 bits per heavy atom. The summed E-state index contributed by atoms with van der Waals surface area (Å²) in [6.07, 6.45) is 1.91. The van der Waals surface area contributed by atoms with Gasteiger partial charge >= 0.3 is 5.25 Å². The fourth-order valence-electron chi connectivity index (χ4n) is 4.12. The van der Waals surface area contributed by atoms with Crippen LogP contribution in [0.4, 0.5) is 8.78 Å². The molecule has 1 fully saturated rings. The van der Waals surface area contributed by atoms with Crippen LogP contribution in [0.2, 0.25) is 0 Å². The van der Waals surface area contributed by atoms with Crippen molar-refractivity contribution in [1.29, 1.82) is 0 Å².